The number of rotatable bonds is 8. The third-order valence-corrected chi connectivity index (χ3v) is 4.53. The van der Waals surface area contributed by atoms with Crippen molar-refractivity contribution in [2.45, 2.75) is 20.0 Å². The van der Waals surface area contributed by atoms with Crippen molar-refractivity contribution in [1.82, 2.24) is 0 Å². The van der Waals surface area contributed by atoms with Crippen LogP contribution in [-0.2, 0) is 15.8 Å². The number of nitro benzene ring substituents is 1. The van der Waals surface area contributed by atoms with Gasteiger partial charge in [-0.2, -0.15) is 13.2 Å². The average Bonchev–Trinajstić information content (AvgIpc) is 2.68. The molecule has 0 aliphatic carbocycles. The molecule has 0 aliphatic rings. The third kappa shape index (κ3) is 6.78. The number of para-hydroxylation sites is 1. The summed E-state index contributed by atoms with van der Waals surface area (Å²) in [7, 11) is 0. The number of carbonyl (C=O) groups is 2. The summed E-state index contributed by atoms with van der Waals surface area (Å²) in [5.41, 5.74) is -0.590. The quantitative estimate of drug-likeness (QED) is 0.434. The number of nitrogens with zero attached hydrogens (tertiary/aromatic N) is 1. The maximum absolute atomic E-state index is 13.1. The third-order valence-electron chi connectivity index (χ3n) is 4.53. The molecule has 166 valence electrons. The Morgan fingerprint density at radius 1 is 1.03 bits per heavy atom. The van der Waals surface area contributed by atoms with Crippen LogP contribution in [0.1, 0.15) is 18.1 Å². The van der Waals surface area contributed by atoms with Gasteiger partial charge in [-0.05, 0) is 31.5 Å². The summed E-state index contributed by atoms with van der Waals surface area (Å²) >= 11 is 0. The van der Waals surface area contributed by atoms with Crippen molar-refractivity contribution in [3.8, 4) is 0 Å². The summed E-state index contributed by atoms with van der Waals surface area (Å²) in [4.78, 5) is 35.5. The lowest BCUT2D eigenvalue weighted by molar-refractivity contribution is -0.881. The molecule has 0 aromatic heterocycles. The summed E-state index contributed by atoms with van der Waals surface area (Å²) in [5, 5.41) is 15.7. The minimum atomic E-state index is -4.61. The van der Waals surface area contributed by atoms with Crippen LogP contribution < -0.4 is 15.5 Å². The molecule has 8 nitrogen and oxygen atoms in total. The van der Waals surface area contributed by atoms with Gasteiger partial charge in [0.1, 0.15) is 0 Å². The minimum absolute atomic E-state index is 0.146. The second kappa shape index (κ2) is 10.0. The number of nitrogens with one attached hydrogen (secondary N) is 3. The first-order chi connectivity index (χ1) is 14.5. The zero-order valence-electron chi connectivity index (χ0n) is 16.9. The van der Waals surface area contributed by atoms with Gasteiger partial charge in [0.25, 0.3) is 17.5 Å². The zero-order chi connectivity index (χ0) is 23.2. The number of quaternary nitrogens is 1. The molecule has 0 heterocycles. The molecule has 0 saturated heterocycles. The first-order valence-corrected chi connectivity index (χ1v) is 9.35. The first kappa shape index (κ1) is 23.8. The van der Waals surface area contributed by atoms with Gasteiger partial charge >= 0.3 is 6.18 Å². The number of hydrogen-bond acceptors (Lipinski definition) is 4. The number of benzene rings is 2. The maximum atomic E-state index is 13.1. The fourth-order valence-corrected chi connectivity index (χ4v) is 2.85. The number of non-ortho nitro benzene ring substituents is 1. The van der Waals surface area contributed by atoms with Crippen LogP contribution in [0.15, 0.2) is 42.5 Å². The molecule has 1 unspecified atom stereocenters. The lowest BCUT2D eigenvalue weighted by Crippen LogP contribution is -3.13. The number of aryl methyl sites for hydroxylation is 1. The van der Waals surface area contributed by atoms with Gasteiger partial charge < -0.3 is 15.5 Å². The zero-order valence-corrected chi connectivity index (χ0v) is 16.9. The molecule has 2 rings (SSSR count). The Hall–Kier alpha value is -3.47. The van der Waals surface area contributed by atoms with Gasteiger partial charge in [0.2, 0.25) is 0 Å². The monoisotopic (exact) mass is 439 g/mol. The van der Waals surface area contributed by atoms with E-state index in [0.717, 1.165) is 12.1 Å². The molecule has 2 amide bonds. The van der Waals surface area contributed by atoms with E-state index in [2.05, 4.69) is 10.6 Å². The van der Waals surface area contributed by atoms with E-state index in [1.165, 1.54) is 30.3 Å². The second-order valence-electron chi connectivity index (χ2n) is 6.85. The molecular formula is C20H22F3N4O4+. The highest BCUT2D eigenvalue weighted by molar-refractivity contribution is 5.94. The normalized spacial score (nSPS) is 12.2. The molecular weight excluding hydrogens is 417 g/mol. The second-order valence-corrected chi connectivity index (χ2v) is 6.85. The summed E-state index contributed by atoms with van der Waals surface area (Å²) in [5.74, 6) is -1.16. The average molecular weight is 439 g/mol. The van der Waals surface area contributed by atoms with E-state index in [-0.39, 0.29) is 30.2 Å². The van der Waals surface area contributed by atoms with E-state index < -0.39 is 28.5 Å². The van der Waals surface area contributed by atoms with Crippen LogP contribution in [0, 0.1) is 17.0 Å². The van der Waals surface area contributed by atoms with E-state index in [4.69, 9.17) is 0 Å². The Bertz CT molecular complexity index is 979. The number of nitro groups is 1. The molecule has 0 bridgehead atoms. The van der Waals surface area contributed by atoms with E-state index in [0.29, 0.717) is 17.0 Å². The van der Waals surface area contributed by atoms with Gasteiger partial charge in [0.05, 0.1) is 28.4 Å². The van der Waals surface area contributed by atoms with E-state index in [9.17, 15) is 32.9 Å². The summed E-state index contributed by atoms with van der Waals surface area (Å²) < 4.78 is 39.2. The molecule has 1 atom stereocenters. The van der Waals surface area contributed by atoms with Gasteiger partial charge in [0, 0.05) is 12.1 Å². The molecule has 0 saturated carbocycles. The number of carbonyl (C=O) groups excluding carboxylic acids is 2. The summed E-state index contributed by atoms with van der Waals surface area (Å²) in [6, 6.07) is 8.69. The minimum Gasteiger partial charge on any atom is -0.321 e. The predicted octanol–water partition coefficient (Wildman–Crippen LogP) is 2.40. The molecule has 11 heteroatoms. The molecule has 0 aliphatic heterocycles. The first-order valence-electron chi connectivity index (χ1n) is 9.35. The number of alkyl halides is 3. The lowest BCUT2D eigenvalue weighted by atomic mass is 10.1. The molecule has 2 aromatic rings. The van der Waals surface area contributed by atoms with Gasteiger partial charge in [-0.1, -0.05) is 18.2 Å². The van der Waals surface area contributed by atoms with Crippen molar-refractivity contribution >= 4 is 28.9 Å². The largest absolute Gasteiger partial charge is 0.418 e. The van der Waals surface area contributed by atoms with Gasteiger partial charge in [0.15, 0.2) is 13.1 Å². The Labute approximate surface area is 176 Å². The topological polar surface area (TPSA) is 106 Å². The Morgan fingerprint density at radius 3 is 2.16 bits per heavy atom. The number of likely N-dealkylation sites (N-methyl/N-ethyl adjacent to an activating group) is 1. The number of hydrogen-bond donors (Lipinski definition) is 3. The fraction of sp³-hybridized carbons (Fsp3) is 0.300. The van der Waals surface area contributed by atoms with E-state index in [1.807, 2.05) is 0 Å². The Morgan fingerprint density at radius 2 is 1.61 bits per heavy atom. The van der Waals surface area contributed by atoms with Crippen molar-refractivity contribution in [3.63, 3.8) is 0 Å². The number of anilines is 2. The molecule has 0 spiro atoms. The maximum Gasteiger partial charge on any atom is 0.418 e. The van der Waals surface area contributed by atoms with Gasteiger partial charge in [-0.25, -0.2) is 0 Å². The van der Waals surface area contributed by atoms with Crippen LogP contribution in [0.5, 0.6) is 0 Å². The van der Waals surface area contributed by atoms with Crippen molar-refractivity contribution < 1.29 is 32.6 Å². The highest BCUT2D eigenvalue weighted by atomic mass is 19.4. The van der Waals surface area contributed by atoms with Crippen LogP contribution in [-0.4, -0.2) is 36.4 Å². The van der Waals surface area contributed by atoms with Gasteiger partial charge in [-0.3, -0.25) is 19.7 Å². The standard InChI is InChI=1S/C20H21F3N4O4/c1-3-26(11-18(28)24-16-7-5-4-6-15(16)20(21,22)23)12-19(29)25-17-10-14(27(30)31)9-8-13(17)2/h4-10H,3,11-12H2,1-2H3,(H,24,28)(H,25,29)/p+1. The molecule has 0 fully saturated rings. The number of amides is 2. The van der Waals surface area contributed by atoms with Gasteiger partial charge in [-0.15, -0.1) is 0 Å². The fourth-order valence-electron chi connectivity index (χ4n) is 2.85. The van der Waals surface area contributed by atoms with E-state index in [1.54, 1.807) is 13.8 Å². The predicted molar refractivity (Wildman–Crippen MR) is 108 cm³/mol. The summed E-state index contributed by atoms with van der Waals surface area (Å²) in [6.45, 7) is 3.38. The molecule has 3 N–H and O–H groups in total. The van der Waals surface area contributed by atoms with Crippen LogP contribution in [0.25, 0.3) is 0 Å². The van der Waals surface area contributed by atoms with Crippen LogP contribution in [0.3, 0.4) is 0 Å². The molecule has 31 heavy (non-hydrogen) atoms. The van der Waals surface area contributed by atoms with Crippen LogP contribution in [0.2, 0.25) is 0 Å². The van der Waals surface area contributed by atoms with Crippen molar-refractivity contribution in [2.24, 2.45) is 0 Å². The molecule has 0 radical (unpaired) electrons. The van der Waals surface area contributed by atoms with Crippen LogP contribution in [0.4, 0.5) is 30.2 Å². The summed E-state index contributed by atoms with van der Waals surface area (Å²) in [6.07, 6.45) is -4.61. The SMILES string of the molecule is CC[NH+](CC(=O)Nc1cc([N+](=O)[O-])ccc1C)CC(=O)Nc1ccccc1C(F)(F)F. The smallest absolute Gasteiger partial charge is 0.321 e. The Balaban J connectivity index is 2.01. The highest BCUT2D eigenvalue weighted by Crippen LogP contribution is 2.34. The van der Waals surface area contributed by atoms with Crippen molar-refractivity contribution in [1.29, 1.82) is 0 Å². The van der Waals surface area contributed by atoms with Crippen molar-refractivity contribution in [2.75, 3.05) is 30.3 Å². The highest BCUT2D eigenvalue weighted by Gasteiger charge is 2.33. The lowest BCUT2D eigenvalue weighted by Gasteiger charge is -2.18. The van der Waals surface area contributed by atoms with Crippen molar-refractivity contribution in [3.05, 3.63) is 63.7 Å². The Kier molecular flexibility index (Phi) is 7.70. The van der Waals surface area contributed by atoms with Crippen LogP contribution >= 0.6 is 0 Å². The van der Waals surface area contributed by atoms with E-state index >= 15 is 0 Å². The number of halogens is 3. The molecule has 2 aromatic carbocycles.